The van der Waals surface area contributed by atoms with Crippen molar-refractivity contribution in [3.63, 3.8) is 0 Å². The van der Waals surface area contributed by atoms with Gasteiger partial charge in [0.15, 0.2) is 0 Å². The number of aromatic nitrogens is 3. The van der Waals surface area contributed by atoms with E-state index in [4.69, 9.17) is 5.26 Å². The summed E-state index contributed by atoms with van der Waals surface area (Å²) in [7, 11) is 0. The highest BCUT2D eigenvalue weighted by molar-refractivity contribution is 5.52. The van der Waals surface area contributed by atoms with Gasteiger partial charge >= 0.3 is 0 Å². The van der Waals surface area contributed by atoms with E-state index in [1.165, 1.54) is 0 Å². The zero-order valence-corrected chi connectivity index (χ0v) is 12.1. The molecule has 0 bridgehead atoms. The molecule has 0 radical (unpaired) electrons. The molecule has 22 heavy (non-hydrogen) atoms. The first-order valence-electron chi connectivity index (χ1n) is 6.99. The standard InChI is InChI=1S/C17H15N5/c1-13(21-17-15(12-18)6-3-8-19-17)14-5-2-7-16(11-14)22-10-4-9-20-22/h2-11,13H,1H3,(H,19,21)/t13-/m0/s1. The van der Waals surface area contributed by atoms with Crippen LogP contribution in [0.5, 0.6) is 0 Å². The molecule has 0 fully saturated rings. The first kappa shape index (κ1) is 13.8. The second-order valence-corrected chi connectivity index (χ2v) is 4.92. The Morgan fingerprint density at radius 1 is 1.18 bits per heavy atom. The second-order valence-electron chi connectivity index (χ2n) is 4.92. The van der Waals surface area contributed by atoms with E-state index in [0.29, 0.717) is 11.4 Å². The van der Waals surface area contributed by atoms with E-state index in [-0.39, 0.29) is 6.04 Å². The molecule has 1 aromatic carbocycles. The van der Waals surface area contributed by atoms with E-state index in [1.807, 2.05) is 42.1 Å². The molecule has 0 saturated heterocycles. The van der Waals surface area contributed by atoms with Gasteiger partial charge < -0.3 is 5.32 Å². The molecule has 2 heterocycles. The lowest BCUT2D eigenvalue weighted by molar-refractivity contribution is 0.849. The average Bonchev–Trinajstić information content (AvgIpc) is 3.10. The van der Waals surface area contributed by atoms with Crippen LogP contribution >= 0.6 is 0 Å². The van der Waals surface area contributed by atoms with Gasteiger partial charge in [-0.2, -0.15) is 10.4 Å². The van der Waals surface area contributed by atoms with Crippen LogP contribution in [0.25, 0.3) is 5.69 Å². The highest BCUT2D eigenvalue weighted by Crippen LogP contribution is 2.21. The van der Waals surface area contributed by atoms with Crippen LogP contribution in [-0.2, 0) is 0 Å². The predicted octanol–water partition coefficient (Wildman–Crippen LogP) is 3.31. The number of nitriles is 1. The predicted molar refractivity (Wildman–Crippen MR) is 84.6 cm³/mol. The summed E-state index contributed by atoms with van der Waals surface area (Å²) in [5, 5.41) is 16.7. The number of hydrogen-bond acceptors (Lipinski definition) is 4. The van der Waals surface area contributed by atoms with Gasteiger partial charge in [0.1, 0.15) is 11.9 Å². The van der Waals surface area contributed by atoms with Crippen molar-refractivity contribution in [2.24, 2.45) is 0 Å². The van der Waals surface area contributed by atoms with Crippen molar-refractivity contribution in [1.29, 1.82) is 5.26 Å². The van der Waals surface area contributed by atoms with Gasteiger partial charge in [0.2, 0.25) is 0 Å². The molecule has 0 unspecified atom stereocenters. The van der Waals surface area contributed by atoms with Crippen molar-refractivity contribution in [2.75, 3.05) is 5.32 Å². The lowest BCUT2D eigenvalue weighted by Gasteiger charge is -2.16. The molecule has 1 N–H and O–H groups in total. The lowest BCUT2D eigenvalue weighted by atomic mass is 10.1. The van der Waals surface area contributed by atoms with E-state index >= 15 is 0 Å². The largest absolute Gasteiger partial charge is 0.362 e. The summed E-state index contributed by atoms with van der Waals surface area (Å²) >= 11 is 0. The fourth-order valence-corrected chi connectivity index (χ4v) is 2.26. The summed E-state index contributed by atoms with van der Waals surface area (Å²) in [6.07, 6.45) is 5.33. The average molecular weight is 289 g/mol. The Kier molecular flexibility index (Phi) is 3.84. The van der Waals surface area contributed by atoms with Crippen molar-refractivity contribution in [3.8, 4) is 11.8 Å². The lowest BCUT2D eigenvalue weighted by Crippen LogP contribution is -2.09. The van der Waals surface area contributed by atoms with Crippen LogP contribution in [0.1, 0.15) is 24.1 Å². The first-order chi connectivity index (χ1) is 10.8. The Morgan fingerprint density at radius 3 is 2.86 bits per heavy atom. The molecule has 1 atom stereocenters. The highest BCUT2D eigenvalue weighted by atomic mass is 15.3. The maximum Gasteiger partial charge on any atom is 0.144 e. The Balaban J connectivity index is 1.85. The second kappa shape index (κ2) is 6.10. The van der Waals surface area contributed by atoms with Crippen LogP contribution in [0.2, 0.25) is 0 Å². The van der Waals surface area contributed by atoms with Gasteiger partial charge in [0.25, 0.3) is 0 Å². The fourth-order valence-electron chi connectivity index (χ4n) is 2.26. The Bertz CT molecular complexity index is 802. The van der Waals surface area contributed by atoms with Crippen molar-refractivity contribution >= 4 is 5.82 Å². The number of benzene rings is 1. The fraction of sp³-hybridized carbons (Fsp3) is 0.118. The van der Waals surface area contributed by atoms with E-state index in [2.05, 4.69) is 27.5 Å². The van der Waals surface area contributed by atoms with Crippen molar-refractivity contribution in [3.05, 3.63) is 72.2 Å². The highest BCUT2D eigenvalue weighted by Gasteiger charge is 2.10. The van der Waals surface area contributed by atoms with Gasteiger partial charge in [-0.1, -0.05) is 12.1 Å². The Morgan fingerprint density at radius 2 is 2.09 bits per heavy atom. The van der Waals surface area contributed by atoms with Crippen LogP contribution in [-0.4, -0.2) is 14.8 Å². The SMILES string of the molecule is C[C@H](Nc1ncccc1C#N)c1cccc(-n2cccn2)c1. The normalized spacial score (nSPS) is 11.6. The summed E-state index contributed by atoms with van der Waals surface area (Å²) in [6.45, 7) is 2.04. The van der Waals surface area contributed by atoms with Gasteiger partial charge in [-0.25, -0.2) is 9.67 Å². The molecule has 0 amide bonds. The third kappa shape index (κ3) is 2.81. The third-order valence-corrected chi connectivity index (χ3v) is 3.42. The van der Waals surface area contributed by atoms with Crippen molar-refractivity contribution in [2.45, 2.75) is 13.0 Å². The molecular weight excluding hydrogens is 274 g/mol. The van der Waals surface area contributed by atoms with Crippen molar-refractivity contribution < 1.29 is 0 Å². The van der Waals surface area contributed by atoms with Gasteiger partial charge in [-0.05, 0) is 42.8 Å². The molecule has 5 nitrogen and oxygen atoms in total. The molecule has 0 aliphatic rings. The maximum atomic E-state index is 9.13. The number of rotatable bonds is 4. The summed E-state index contributed by atoms with van der Waals surface area (Å²) in [5.41, 5.74) is 2.64. The monoisotopic (exact) mass is 289 g/mol. The Labute approximate surface area is 128 Å². The Hall–Kier alpha value is -3.13. The van der Waals surface area contributed by atoms with Crippen LogP contribution in [0, 0.1) is 11.3 Å². The molecule has 0 saturated carbocycles. The summed E-state index contributed by atoms with van der Waals surface area (Å²) in [5.74, 6) is 0.599. The smallest absolute Gasteiger partial charge is 0.144 e. The van der Waals surface area contributed by atoms with Gasteiger partial charge in [0, 0.05) is 18.6 Å². The molecule has 108 valence electrons. The number of anilines is 1. The van der Waals surface area contributed by atoms with Gasteiger partial charge in [-0.3, -0.25) is 0 Å². The molecule has 3 rings (SSSR count). The van der Waals surface area contributed by atoms with Crippen LogP contribution in [0.3, 0.4) is 0 Å². The molecule has 2 aromatic heterocycles. The number of nitrogens with zero attached hydrogens (tertiary/aromatic N) is 4. The van der Waals surface area contributed by atoms with Crippen molar-refractivity contribution in [1.82, 2.24) is 14.8 Å². The minimum absolute atomic E-state index is 0.0255. The summed E-state index contributed by atoms with van der Waals surface area (Å²) in [6, 6.07) is 15.7. The summed E-state index contributed by atoms with van der Waals surface area (Å²) in [4.78, 5) is 4.24. The summed E-state index contributed by atoms with van der Waals surface area (Å²) < 4.78 is 1.82. The molecule has 3 aromatic rings. The molecule has 0 aliphatic carbocycles. The molecule has 5 heteroatoms. The van der Waals surface area contributed by atoms with E-state index < -0.39 is 0 Å². The quantitative estimate of drug-likeness (QED) is 0.800. The van der Waals surface area contributed by atoms with Gasteiger partial charge in [0.05, 0.1) is 17.3 Å². The maximum absolute atomic E-state index is 9.13. The zero-order valence-electron chi connectivity index (χ0n) is 12.1. The minimum Gasteiger partial charge on any atom is -0.362 e. The molecular formula is C17H15N5. The van der Waals surface area contributed by atoms with E-state index in [9.17, 15) is 0 Å². The molecule has 0 spiro atoms. The number of pyridine rings is 1. The van der Waals surface area contributed by atoms with E-state index in [1.54, 1.807) is 24.5 Å². The minimum atomic E-state index is 0.0255. The van der Waals surface area contributed by atoms with Crippen LogP contribution < -0.4 is 5.32 Å². The third-order valence-electron chi connectivity index (χ3n) is 3.42. The van der Waals surface area contributed by atoms with Gasteiger partial charge in [-0.15, -0.1) is 0 Å². The van der Waals surface area contributed by atoms with Crippen LogP contribution in [0.4, 0.5) is 5.82 Å². The number of hydrogen-bond donors (Lipinski definition) is 1. The zero-order chi connectivity index (χ0) is 15.4. The van der Waals surface area contributed by atoms with E-state index in [0.717, 1.165) is 11.3 Å². The first-order valence-corrected chi connectivity index (χ1v) is 6.99. The number of nitrogens with one attached hydrogen (secondary N) is 1. The molecule has 0 aliphatic heterocycles. The van der Waals surface area contributed by atoms with Crippen LogP contribution in [0.15, 0.2) is 61.1 Å². The topological polar surface area (TPSA) is 66.5 Å².